The Morgan fingerprint density at radius 2 is 2.26 bits per heavy atom. The molecule has 2 N–H and O–H groups in total. The molecule has 23 heavy (non-hydrogen) atoms. The molecule has 0 unspecified atom stereocenters. The monoisotopic (exact) mass is 336 g/mol. The first-order valence-electron chi connectivity index (χ1n) is 7.30. The van der Waals surface area contributed by atoms with Crippen LogP contribution in [0, 0.1) is 0 Å². The Labute approximate surface area is 138 Å². The molecule has 8 heteroatoms. The van der Waals surface area contributed by atoms with E-state index in [9.17, 15) is 9.59 Å². The molecule has 0 saturated carbocycles. The van der Waals surface area contributed by atoms with E-state index in [-0.39, 0.29) is 6.54 Å². The molecule has 2 aliphatic heterocycles. The minimum atomic E-state index is -0.935. The lowest BCUT2D eigenvalue weighted by Crippen LogP contribution is -2.33. The van der Waals surface area contributed by atoms with Crippen molar-refractivity contribution in [3.8, 4) is 0 Å². The highest BCUT2D eigenvalue weighted by Crippen LogP contribution is 2.28. The van der Waals surface area contributed by atoms with Crippen LogP contribution in [0.3, 0.4) is 0 Å². The Bertz CT molecular complexity index is 691. The van der Waals surface area contributed by atoms with E-state index in [1.165, 1.54) is 4.90 Å². The first-order chi connectivity index (χ1) is 11.0. The topological polar surface area (TPSA) is 88.2 Å². The number of primary amides is 1. The quantitative estimate of drug-likeness (QED) is 0.899. The van der Waals surface area contributed by atoms with Crippen molar-refractivity contribution in [2.75, 3.05) is 31.6 Å². The summed E-state index contributed by atoms with van der Waals surface area (Å²) in [6, 6.07) is 5.26. The van der Waals surface area contributed by atoms with Crippen LogP contribution in [0.15, 0.2) is 23.2 Å². The molecule has 0 radical (unpaired) electrons. The summed E-state index contributed by atoms with van der Waals surface area (Å²) in [5, 5.41) is 0.491. The summed E-state index contributed by atoms with van der Waals surface area (Å²) in [6.07, 6.45) is -0.524. The van der Waals surface area contributed by atoms with Gasteiger partial charge in [-0.3, -0.25) is 14.7 Å². The second-order valence-corrected chi connectivity index (χ2v) is 5.94. The van der Waals surface area contributed by atoms with Gasteiger partial charge in [-0.25, -0.2) is 4.79 Å². The number of nitrogens with two attached hydrogens (primary N) is 1. The van der Waals surface area contributed by atoms with Gasteiger partial charge in [-0.2, -0.15) is 0 Å². The Kier molecular flexibility index (Phi) is 4.12. The van der Waals surface area contributed by atoms with Gasteiger partial charge >= 0.3 is 6.09 Å². The Morgan fingerprint density at radius 3 is 2.87 bits per heavy atom. The Morgan fingerprint density at radius 1 is 1.48 bits per heavy atom. The number of nitrogens with zero attached hydrogens (tertiary/aromatic N) is 3. The predicted molar refractivity (Wildman–Crippen MR) is 86.9 cm³/mol. The molecule has 0 aromatic heterocycles. The maximum absolute atomic E-state index is 11.9. The lowest BCUT2D eigenvalue weighted by atomic mass is 10.1. The van der Waals surface area contributed by atoms with Crippen LogP contribution in [0.2, 0.25) is 5.02 Å². The molecule has 0 spiro atoms. The van der Waals surface area contributed by atoms with Crippen molar-refractivity contribution >= 4 is 35.1 Å². The highest BCUT2D eigenvalue weighted by molar-refractivity contribution is 6.34. The van der Waals surface area contributed by atoms with E-state index in [1.54, 1.807) is 12.1 Å². The van der Waals surface area contributed by atoms with Crippen LogP contribution in [0.1, 0.15) is 12.0 Å². The number of hydrogen-bond donors (Lipinski definition) is 1. The summed E-state index contributed by atoms with van der Waals surface area (Å²) in [5.41, 5.74) is 6.55. The van der Waals surface area contributed by atoms with Gasteiger partial charge in [0.05, 0.1) is 11.6 Å². The molecule has 1 aromatic rings. The number of rotatable bonds is 3. The highest BCUT2D eigenvalue weighted by Gasteiger charge is 2.36. The van der Waals surface area contributed by atoms with Crippen molar-refractivity contribution in [3.05, 3.63) is 28.8 Å². The second-order valence-electron chi connectivity index (χ2n) is 5.53. The van der Waals surface area contributed by atoms with Crippen LogP contribution >= 0.6 is 11.6 Å². The Balaban J connectivity index is 1.87. The third-order valence-electron chi connectivity index (χ3n) is 3.91. The average molecular weight is 337 g/mol. The molecular formula is C15H17ClN4O3. The zero-order chi connectivity index (χ0) is 16.6. The van der Waals surface area contributed by atoms with Crippen molar-refractivity contribution in [3.63, 3.8) is 0 Å². The first-order valence-corrected chi connectivity index (χ1v) is 7.68. The molecule has 1 aromatic carbocycles. The van der Waals surface area contributed by atoms with Crippen LogP contribution in [-0.4, -0.2) is 55.5 Å². The number of amides is 2. The van der Waals surface area contributed by atoms with E-state index in [2.05, 4.69) is 9.89 Å². The van der Waals surface area contributed by atoms with Gasteiger partial charge in [-0.1, -0.05) is 11.6 Å². The van der Waals surface area contributed by atoms with Crippen LogP contribution < -0.4 is 10.6 Å². The number of anilines is 1. The smallest absolute Gasteiger partial charge is 0.415 e. The van der Waals surface area contributed by atoms with Gasteiger partial charge in [0.2, 0.25) is 0 Å². The molecule has 7 nitrogen and oxygen atoms in total. The van der Waals surface area contributed by atoms with E-state index in [0.717, 1.165) is 30.9 Å². The predicted octanol–water partition coefficient (Wildman–Crippen LogP) is 1.23. The Hall–Kier alpha value is -2.28. The minimum absolute atomic E-state index is 0.0880. The molecule has 2 heterocycles. The molecule has 122 valence electrons. The zero-order valence-corrected chi connectivity index (χ0v) is 13.4. The fraction of sp³-hybridized carbons (Fsp3) is 0.400. The van der Waals surface area contributed by atoms with Crippen molar-refractivity contribution in [1.29, 1.82) is 0 Å². The number of carbonyl (C=O) groups excluding carboxylic acids is 2. The van der Waals surface area contributed by atoms with Gasteiger partial charge < -0.3 is 15.4 Å². The van der Waals surface area contributed by atoms with Crippen molar-refractivity contribution < 1.29 is 14.3 Å². The summed E-state index contributed by atoms with van der Waals surface area (Å²) in [7, 11) is 1.97. The summed E-state index contributed by atoms with van der Waals surface area (Å²) >= 11 is 6.38. The largest absolute Gasteiger partial charge is 0.434 e. The molecule has 3 rings (SSSR count). The maximum Gasteiger partial charge on any atom is 0.415 e. The molecular weight excluding hydrogens is 320 g/mol. The van der Waals surface area contributed by atoms with Crippen molar-refractivity contribution in [1.82, 2.24) is 4.90 Å². The fourth-order valence-electron chi connectivity index (χ4n) is 2.69. The molecule has 1 atom stereocenters. The first kappa shape index (κ1) is 15.6. The maximum atomic E-state index is 11.9. The number of benzene rings is 1. The highest BCUT2D eigenvalue weighted by atomic mass is 35.5. The molecule has 2 amide bonds. The third-order valence-corrected chi connectivity index (χ3v) is 4.22. The van der Waals surface area contributed by atoms with Gasteiger partial charge in [0.15, 0.2) is 6.10 Å². The van der Waals surface area contributed by atoms with E-state index < -0.39 is 18.1 Å². The fourth-order valence-corrected chi connectivity index (χ4v) is 2.94. The van der Waals surface area contributed by atoms with E-state index >= 15 is 0 Å². The standard InChI is InChI=1S/C15H17ClN4O3/c1-19-6-2-5-18-14(19)10-4-3-9(7-11(10)16)20-8-12(13(17)21)23-15(20)22/h3-4,7,12H,2,5-6,8H2,1H3,(H2,17,21)/t12-/m0/s1. The number of amidine groups is 1. The summed E-state index contributed by atoms with van der Waals surface area (Å²) < 4.78 is 4.93. The van der Waals surface area contributed by atoms with Gasteiger partial charge in [-0.15, -0.1) is 0 Å². The normalized spacial score (nSPS) is 21.2. The van der Waals surface area contributed by atoms with Gasteiger partial charge in [0.25, 0.3) is 5.91 Å². The second kappa shape index (κ2) is 6.08. The number of cyclic esters (lactones) is 1. The van der Waals surface area contributed by atoms with E-state index in [1.807, 2.05) is 13.1 Å². The summed E-state index contributed by atoms with van der Waals surface area (Å²) in [4.78, 5) is 30.9. The van der Waals surface area contributed by atoms with Gasteiger partial charge in [0, 0.05) is 31.4 Å². The number of carbonyl (C=O) groups is 2. The van der Waals surface area contributed by atoms with E-state index in [4.69, 9.17) is 22.1 Å². The number of halogens is 1. The van der Waals surface area contributed by atoms with Crippen molar-refractivity contribution in [2.24, 2.45) is 10.7 Å². The SMILES string of the molecule is CN1CCCN=C1c1ccc(N2C[C@@H](C(N)=O)OC2=O)cc1Cl. The molecule has 0 bridgehead atoms. The molecule has 0 aliphatic carbocycles. The lowest BCUT2D eigenvalue weighted by Gasteiger charge is -2.26. The van der Waals surface area contributed by atoms with Crippen LogP contribution in [-0.2, 0) is 9.53 Å². The molecule has 2 aliphatic rings. The van der Waals surface area contributed by atoms with Crippen LogP contribution in [0.5, 0.6) is 0 Å². The number of ether oxygens (including phenoxy) is 1. The number of hydrogen-bond acceptors (Lipinski definition) is 5. The molecule has 1 fully saturated rings. The summed E-state index contributed by atoms with van der Waals surface area (Å²) in [6.45, 7) is 1.79. The van der Waals surface area contributed by atoms with Crippen molar-refractivity contribution in [2.45, 2.75) is 12.5 Å². The lowest BCUT2D eigenvalue weighted by molar-refractivity contribution is -0.124. The minimum Gasteiger partial charge on any atom is -0.434 e. The third kappa shape index (κ3) is 2.96. The van der Waals surface area contributed by atoms with E-state index in [0.29, 0.717) is 10.7 Å². The zero-order valence-electron chi connectivity index (χ0n) is 12.7. The van der Waals surface area contributed by atoms with Gasteiger partial charge in [0.1, 0.15) is 5.84 Å². The van der Waals surface area contributed by atoms with Gasteiger partial charge in [-0.05, 0) is 24.6 Å². The van der Waals surface area contributed by atoms with Crippen LogP contribution in [0.4, 0.5) is 10.5 Å². The number of aliphatic imine (C=N–C) groups is 1. The van der Waals surface area contributed by atoms with Crippen LogP contribution in [0.25, 0.3) is 0 Å². The summed E-state index contributed by atoms with van der Waals surface area (Å²) in [5.74, 6) is 0.175. The average Bonchev–Trinajstić information content (AvgIpc) is 2.90. The molecule has 1 saturated heterocycles.